The third-order valence-corrected chi connectivity index (χ3v) is 3.24. The highest BCUT2D eigenvalue weighted by Gasteiger charge is 2.20. The predicted molar refractivity (Wildman–Crippen MR) is 86.0 cm³/mol. The smallest absolute Gasteiger partial charge is 0.308 e. The van der Waals surface area contributed by atoms with Gasteiger partial charge in [0.15, 0.2) is 5.82 Å². The zero-order valence-electron chi connectivity index (χ0n) is 12.6. The van der Waals surface area contributed by atoms with Crippen LogP contribution in [0.1, 0.15) is 26.5 Å². The molecule has 0 saturated heterocycles. The van der Waals surface area contributed by atoms with Crippen LogP contribution >= 0.6 is 11.6 Å². The molecule has 0 fully saturated rings. The second-order valence-electron chi connectivity index (χ2n) is 5.87. The van der Waals surface area contributed by atoms with Gasteiger partial charge < -0.3 is 5.32 Å². The largest absolute Gasteiger partial charge is 0.324 e. The molecule has 1 heterocycles. The van der Waals surface area contributed by atoms with E-state index in [-0.39, 0.29) is 11.4 Å². The standard InChI is InChI=1S/C15H19ClN4O/c1-15(2,3)12-9-13(19-20(12)4)18-14(21)17-11-7-5-10(16)6-8-11/h5-9H,1-4H3,(H2,17,18,19,21). The zero-order chi connectivity index (χ0) is 15.6. The minimum atomic E-state index is -0.337. The minimum absolute atomic E-state index is 0.0334. The van der Waals surface area contributed by atoms with Crippen molar-refractivity contribution in [3.05, 3.63) is 41.0 Å². The Kier molecular flexibility index (Phi) is 4.23. The van der Waals surface area contributed by atoms with Crippen molar-refractivity contribution in [2.45, 2.75) is 26.2 Å². The topological polar surface area (TPSA) is 59.0 Å². The molecule has 0 bridgehead atoms. The highest BCUT2D eigenvalue weighted by Crippen LogP contribution is 2.24. The zero-order valence-corrected chi connectivity index (χ0v) is 13.3. The Morgan fingerprint density at radius 3 is 2.33 bits per heavy atom. The van der Waals surface area contributed by atoms with Crippen molar-refractivity contribution in [3.8, 4) is 0 Å². The van der Waals surface area contributed by atoms with Gasteiger partial charge >= 0.3 is 6.03 Å². The molecule has 1 aromatic heterocycles. The fourth-order valence-electron chi connectivity index (χ4n) is 2.04. The molecule has 0 aliphatic heterocycles. The summed E-state index contributed by atoms with van der Waals surface area (Å²) in [6.45, 7) is 6.30. The highest BCUT2D eigenvalue weighted by atomic mass is 35.5. The van der Waals surface area contributed by atoms with Crippen molar-refractivity contribution in [1.82, 2.24) is 9.78 Å². The number of hydrogen-bond acceptors (Lipinski definition) is 2. The quantitative estimate of drug-likeness (QED) is 0.880. The summed E-state index contributed by atoms with van der Waals surface area (Å²) in [4.78, 5) is 11.9. The number of carbonyl (C=O) groups is 1. The monoisotopic (exact) mass is 306 g/mol. The van der Waals surface area contributed by atoms with E-state index in [9.17, 15) is 4.79 Å². The lowest BCUT2D eigenvalue weighted by atomic mass is 9.92. The molecule has 6 heteroatoms. The number of halogens is 1. The maximum absolute atomic E-state index is 11.9. The average Bonchev–Trinajstić information content (AvgIpc) is 2.73. The lowest BCUT2D eigenvalue weighted by Crippen LogP contribution is -2.19. The second kappa shape index (κ2) is 5.77. The molecule has 0 atom stereocenters. The molecule has 21 heavy (non-hydrogen) atoms. The Hall–Kier alpha value is -2.01. The van der Waals surface area contributed by atoms with Crippen LogP contribution in [0.2, 0.25) is 5.02 Å². The van der Waals surface area contributed by atoms with Gasteiger partial charge in [0, 0.05) is 34.9 Å². The molecule has 0 aliphatic rings. The van der Waals surface area contributed by atoms with Gasteiger partial charge in [-0.1, -0.05) is 32.4 Å². The van der Waals surface area contributed by atoms with Crippen LogP contribution in [-0.4, -0.2) is 15.8 Å². The van der Waals surface area contributed by atoms with Crippen molar-refractivity contribution in [1.29, 1.82) is 0 Å². The van der Waals surface area contributed by atoms with Crippen LogP contribution in [0.5, 0.6) is 0 Å². The first-order chi connectivity index (χ1) is 9.75. The molecule has 2 N–H and O–H groups in total. The number of urea groups is 1. The Morgan fingerprint density at radius 1 is 1.19 bits per heavy atom. The predicted octanol–water partition coefficient (Wildman–Crippen LogP) is 4.02. The van der Waals surface area contributed by atoms with Crippen LogP contribution in [0.4, 0.5) is 16.3 Å². The van der Waals surface area contributed by atoms with Crippen molar-refractivity contribution in [2.75, 3.05) is 10.6 Å². The van der Waals surface area contributed by atoms with Crippen molar-refractivity contribution < 1.29 is 4.79 Å². The third-order valence-electron chi connectivity index (χ3n) is 2.99. The van der Waals surface area contributed by atoms with E-state index in [1.54, 1.807) is 28.9 Å². The average molecular weight is 307 g/mol. The molecule has 5 nitrogen and oxygen atoms in total. The van der Waals surface area contributed by atoms with E-state index in [1.807, 2.05) is 13.1 Å². The van der Waals surface area contributed by atoms with E-state index in [0.717, 1.165) is 5.69 Å². The van der Waals surface area contributed by atoms with Crippen molar-refractivity contribution in [2.24, 2.45) is 7.05 Å². The van der Waals surface area contributed by atoms with Gasteiger partial charge in [-0.05, 0) is 24.3 Å². The number of carbonyl (C=O) groups excluding carboxylic acids is 1. The molecule has 2 aromatic rings. The highest BCUT2D eigenvalue weighted by molar-refractivity contribution is 6.30. The van der Waals surface area contributed by atoms with E-state index in [2.05, 4.69) is 36.5 Å². The molecular weight excluding hydrogens is 288 g/mol. The number of benzene rings is 1. The maximum atomic E-state index is 11.9. The molecule has 0 spiro atoms. The fourth-order valence-corrected chi connectivity index (χ4v) is 2.17. The van der Waals surface area contributed by atoms with Gasteiger partial charge in [-0.15, -0.1) is 0 Å². The van der Waals surface area contributed by atoms with Crippen LogP contribution in [-0.2, 0) is 12.5 Å². The number of anilines is 2. The minimum Gasteiger partial charge on any atom is -0.308 e. The number of aryl methyl sites for hydroxylation is 1. The van der Waals surface area contributed by atoms with Gasteiger partial charge in [-0.3, -0.25) is 10.00 Å². The van der Waals surface area contributed by atoms with E-state index in [1.165, 1.54) is 0 Å². The van der Waals surface area contributed by atoms with Crippen LogP contribution in [0, 0.1) is 0 Å². The van der Waals surface area contributed by atoms with Gasteiger partial charge in [-0.25, -0.2) is 4.79 Å². The van der Waals surface area contributed by atoms with Gasteiger partial charge in [0.2, 0.25) is 0 Å². The van der Waals surface area contributed by atoms with Crippen LogP contribution in [0.25, 0.3) is 0 Å². The van der Waals surface area contributed by atoms with E-state index < -0.39 is 0 Å². The van der Waals surface area contributed by atoms with Gasteiger partial charge in [-0.2, -0.15) is 5.10 Å². The molecule has 1 aromatic carbocycles. The first-order valence-electron chi connectivity index (χ1n) is 6.64. The number of rotatable bonds is 2. The van der Waals surface area contributed by atoms with Crippen molar-refractivity contribution >= 4 is 29.1 Å². The Balaban J connectivity index is 2.05. The van der Waals surface area contributed by atoms with Crippen molar-refractivity contribution in [3.63, 3.8) is 0 Å². The number of nitrogens with zero attached hydrogens (tertiary/aromatic N) is 2. The van der Waals surface area contributed by atoms with Gasteiger partial charge in [0.1, 0.15) is 0 Å². The molecule has 0 unspecified atom stereocenters. The van der Waals surface area contributed by atoms with E-state index in [0.29, 0.717) is 16.5 Å². The SMILES string of the molecule is Cn1nc(NC(=O)Nc2ccc(Cl)cc2)cc1C(C)(C)C. The third kappa shape index (κ3) is 3.98. The fraction of sp³-hybridized carbons (Fsp3) is 0.333. The Bertz CT molecular complexity index is 641. The molecule has 2 amide bonds. The molecular formula is C15H19ClN4O. The van der Waals surface area contributed by atoms with Gasteiger partial charge in [0.25, 0.3) is 0 Å². The number of aromatic nitrogens is 2. The molecule has 0 saturated carbocycles. The number of amides is 2. The summed E-state index contributed by atoms with van der Waals surface area (Å²) in [5, 5.41) is 10.4. The van der Waals surface area contributed by atoms with E-state index >= 15 is 0 Å². The first-order valence-corrected chi connectivity index (χ1v) is 7.01. The number of nitrogens with one attached hydrogen (secondary N) is 2. The molecule has 0 aliphatic carbocycles. The number of hydrogen-bond donors (Lipinski definition) is 2. The molecule has 2 rings (SSSR count). The summed E-state index contributed by atoms with van der Waals surface area (Å²) >= 11 is 5.80. The first kappa shape index (κ1) is 15.4. The normalized spacial score (nSPS) is 11.3. The summed E-state index contributed by atoms with van der Waals surface area (Å²) < 4.78 is 1.78. The molecule has 0 radical (unpaired) electrons. The summed E-state index contributed by atoms with van der Waals surface area (Å²) in [7, 11) is 1.86. The lowest BCUT2D eigenvalue weighted by molar-refractivity contribution is 0.262. The summed E-state index contributed by atoms with van der Waals surface area (Å²) in [6.07, 6.45) is 0. The summed E-state index contributed by atoms with van der Waals surface area (Å²) in [5.41, 5.74) is 1.68. The lowest BCUT2D eigenvalue weighted by Gasteiger charge is -2.17. The van der Waals surface area contributed by atoms with Crippen LogP contribution in [0.3, 0.4) is 0 Å². The summed E-state index contributed by atoms with van der Waals surface area (Å²) in [5.74, 6) is 0.522. The summed E-state index contributed by atoms with van der Waals surface area (Å²) in [6, 6.07) is 8.45. The van der Waals surface area contributed by atoms with Crippen LogP contribution in [0.15, 0.2) is 30.3 Å². The maximum Gasteiger partial charge on any atom is 0.324 e. The molecule has 112 valence electrons. The van der Waals surface area contributed by atoms with Crippen LogP contribution < -0.4 is 10.6 Å². The Morgan fingerprint density at radius 2 is 1.81 bits per heavy atom. The van der Waals surface area contributed by atoms with E-state index in [4.69, 9.17) is 11.6 Å². The Labute approximate surface area is 129 Å². The second-order valence-corrected chi connectivity index (χ2v) is 6.31. The van der Waals surface area contributed by atoms with Gasteiger partial charge in [0.05, 0.1) is 0 Å².